The Morgan fingerprint density at radius 3 is 2.00 bits per heavy atom. The third kappa shape index (κ3) is 10.3. The van der Waals surface area contributed by atoms with Crippen LogP contribution in [0, 0.1) is 0 Å². The van der Waals surface area contributed by atoms with Crippen LogP contribution in [0.15, 0.2) is 0 Å². The molecule has 57 heavy (non-hydrogen) atoms. The van der Waals surface area contributed by atoms with Crippen molar-refractivity contribution >= 4 is 17.8 Å². The van der Waals surface area contributed by atoms with Crippen molar-refractivity contribution in [2.75, 3.05) is 26.4 Å². The van der Waals surface area contributed by atoms with Gasteiger partial charge in [0.05, 0.1) is 38.1 Å². The summed E-state index contributed by atoms with van der Waals surface area (Å²) >= 11 is 0. The van der Waals surface area contributed by atoms with Gasteiger partial charge in [0.25, 0.3) is 5.79 Å². The summed E-state index contributed by atoms with van der Waals surface area (Å²) in [5, 5.41) is 150. The number of amides is 2. The van der Waals surface area contributed by atoms with Crippen molar-refractivity contribution in [3.8, 4) is 0 Å². The summed E-state index contributed by atoms with van der Waals surface area (Å²) < 4.78 is 39.1. The molecule has 16 N–H and O–H groups in total. The number of rotatable bonds is 15. The summed E-state index contributed by atoms with van der Waals surface area (Å²) in [5.41, 5.74) is 0. The van der Waals surface area contributed by atoms with Gasteiger partial charge in [-0.1, -0.05) is 0 Å². The number of nitrogens with one attached hydrogen (secondary N) is 2. The lowest BCUT2D eigenvalue weighted by Gasteiger charge is -2.49. The summed E-state index contributed by atoms with van der Waals surface area (Å²) in [6.45, 7) is -1.89. The van der Waals surface area contributed by atoms with Crippen LogP contribution >= 0.6 is 0 Å². The maximum atomic E-state index is 12.7. The minimum atomic E-state index is -2.98. The number of hydrogen-bond donors (Lipinski definition) is 16. The van der Waals surface area contributed by atoms with Crippen molar-refractivity contribution < 1.29 is 119 Å². The number of aliphatic carboxylic acids is 1. The van der Waals surface area contributed by atoms with Crippen LogP contribution in [-0.2, 0) is 47.5 Å². The normalized spacial score (nSPS) is 45.1. The number of hydrogen-bond acceptors (Lipinski definition) is 23. The monoisotopic (exact) mass is 836 g/mol. The fourth-order valence-electron chi connectivity index (χ4n) is 6.86. The molecule has 26 nitrogen and oxygen atoms in total. The largest absolute Gasteiger partial charge is 0.477 e. The summed E-state index contributed by atoms with van der Waals surface area (Å²) in [6, 6.07) is -3.40. The summed E-state index contributed by atoms with van der Waals surface area (Å²) in [7, 11) is 0. The molecule has 26 heteroatoms. The van der Waals surface area contributed by atoms with Crippen LogP contribution in [0.4, 0.5) is 0 Å². The van der Waals surface area contributed by atoms with Crippen LogP contribution in [0.3, 0.4) is 0 Å². The second-order valence-corrected chi connectivity index (χ2v) is 14.1. The number of carboxylic acid groups (broad SMARTS) is 1. The molecule has 0 aromatic rings. The molecule has 4 heterocycles. The van der Waals surface area contributed by atoms with Crippen LogP contribution in [0.25, 0.3) is 0 Å². The molecule has 0 bridgehead atoms. The highest BCUT2D eigenvalue weighted by Gasteiger charge is 2.58. The van der Waals surface area contributed by atoms with E-state index < -0.39 is 179 Å². The molecule has 4 saturated heterocycles. The minimum absolute atomic E-state index is 0.814. The molecule has 0 aromatic heterocycles. The lowest BCUT2D eigenvalue weighted by atomic mass is 9.88. The Morgan fingerprint density at radius 1 is 0.772 bits per heavy atom. The molecule has 0 radical (unpaired) electrons. The third-order valence-electron chi connectivity index (χ3n) is 10.0. The zero-order chi connectivity index (χ0) is 42.7. The lowest BCUT2D eigenvalue weighted by Crippen LogP contribution is -2.70. The van der Waals surface area contributed by atoms with Gasteiger partial charge in [0.1, 0.15) is 92.0 Å². The maximum absolute atomic E-state index is 12.7. The zero-order valence-corrected chi connectivity index (χ0v) is 30.4. The van der Waals surface area contributed by atoms with E-state index in [-0.39, 0.29) is 0 Å². The van der Waals surface area contributed by atoms with Crippen molar-refractivity contribution in [3.05, 3.63) is 0 Å². The molecule has 330 valence electrons. The first kappa shape index (κ1) is 47.3. The Labute approximate surface area is 322 Å². The highest BCUT2D eigenvalue weighted by atomic mass is 16.8. The van der Waals surface area contributed by atoms with Gasteiger partial charge in [0.2, 0.25) is 11.8 Å². The highest BCUT2D eigenvalue weighted by molar-refractivity contribution is 5.78. The van der Waals surface area contributed by atoms with Gasteiger partial charge in [-0.25, -0.2) is 4.79 Å². The Morgan fingerprint density at radius 2 is 1.42 bits per heavy atom. The van der Waals surface area contributed by atoms with Crippen LogP contribution in [0.1, 0.15) is 20.3 Å². The van der Waals surface area contributed by atoms with Gasteiger partial charge in [0, 0.05) is 13.3 Å². The molecule has 4 fully saturated rings. The number of aliphatic hydroxyl groups excluding tert-OH is 13. The summed E-state index contributed by atoms with van der Waals surface area (Å²) in [5.74, 6) is -6.86. The van der Waals surface area contributed by atoms with Gasteiger partial charge in [0.15, 0.2) is 18.9 Å². The highest BCUT2D eigenvalue weighted by Crippen LogP contribution is 2.36. The number of carbonyl (C=O) groups is 3. The molecule has 0 spiro atoms. The van der Waals surface area contributed by atoms with Crippen LogP contribution in [0.2, 0.25) is 0 Å². The van der Waals surface area contributed by atoms with E-state index in [0.29, 0.717) is 0 Å². The van der Waals surface area contributed by atoms with Gasteiger partial charge in [-0.2, -0.15) is 0 Å². The quantitative estimate of drug-likeness (QED) is 0.0728. The van der Waals surface area contributed by atoms with E-state index in [4.69, 9.17) is 33.2 Å². The average Bonchev–Trinajstić information content (AvgIpc) is 3.17. The predicted octanol–water partition coefficient (Wildman–Crippen LogP) is -10.3. The topological polar surface area (TPSA) is 423 Å². The van der Waals surface area contributed by atoms with Crippen molar-refractivity contribution in [1.82, 2.24) is 10.6 Å². The standard InChI is InChI=1S/C31H52N2O24/c1-8-17(41)21(45)23(47)28(52-8)56-26-22(46)19(43)12(5-35)54-29(26)55-24-16(32-9(2)37)27(48)53-13(20(24)44)7-51-31(30(49)50)3-10(38)15(33-14(40)6-36)25(57-31)18(42)11(39)4-34/h8,10-13,15-29,34-36,38-39,41-48H,3-7H2,1-2H3,(H,32,37)(H,33,40)(H,49,50)/t8-,10-,11+,12+,13+,15+,16+,17+,18+,19-,20-,21+,22-,23-,24+,25+,26+,27?,28-,29-,31+/m0/s1. The Kier molecular flexibility index (Phi) is 16.4. The van der Waals surface area contributed by atoms with E-state index in [0.717, 1.165) is 6.92 Å². The smallest absolute Gasteiger partial charge is 0.364 e. The second kappa shape index (κ2) is 19.8. The number of aliphatic hydroxyl groups is 13. The first-order chi connectivity index (χ1) is 26.7. The van der Waals surface area contributed by atoms with Gasteiger partial charge in [-0.3, -0.25) is 9.59 Å². The molecular formula is C31H52N2O24. The number of ether oxygens (including phenoxy) is 7. The second-order valence-electron chi connectivity index (χ2n) is 14.1. The van der Waals surface area contributed by atoms with E-state index in [9.17, 15) is 85.9 Å². The van der Waals surface area contributed by atoms with Crippen LogP contribution in [0.5, 0.6) is 0 Å². The molecule has 21 atom stereocenters. The van der Waals surface area contributed by atoms with Crippen molar-refractivity contribution in [3.63, 3.8) is 0 Å². The molecule has 4 aliphatic rings. The van der Waals surface area contributed by atoms with E-state index in [1.54, 1.807) is 0 Å². The van der Waals surface area contributed by atoms with Crippen molar-refractivity contribution in [2.45, 2.75) is 149 Å². The Balaban J connectivity index is 1.63. The number of carbonyl (C=O) groups excluding carboxylic acids is 2. The van der Waals surface area contributed by atoms with E-state index >= 15 is 0 Å². The average molecular weight is 837 g/mol. The maximum Gasteiger partial charge on any atom is 0.364 e. The first-order valence-electron chi connectivity index (χ1n) is 17.7. The van der Waals surface area contributed by atoms with Crippen LogP contribution < -0.4 is 10.6 Å². The van der Waals surface area contributed by atoms with Gasteiger partial charge in [-0.15, -0.1) is 0 Å². The fourth-order valence-corrected chi connectivity index (χ4v) is 6.86. The summed E-state index contributed by atoms with van der Waals surface area (Å²) in [6.07, 6.45) is -34.9. The number of carboxylic acids is 1. The van der Waals surface area contributed by atoms with Gasteiger partial charge in [-0.05, 0) is 6.92 Å². The van der Waals surface area contributed by atoms with Crippen LogP contribution in [-0.4, -0.2) is 244 Å². The van der Waals surface area contributed by atoms with Crippen molar-refractivity contribution in [1.29, 1.82) is 0 Å². The Bertz CT molecular complexity index is 1350. The molecular weight excluding hydrogens is 784 g/mol. The molecule has 2 amide bonds. The van der Waals surface area contributed by atoms with Gasteiger partial charge >= 0.3 is 5.97 Å². The van der Waals surface area contributed by atoms with Gasteiger partial charge < -0.3 is 115 Å². The molecule has 4 rings (SSSR count). The molecule has 1 unspecified atom stereocenters. The van der Waals surface area contributed by atoms with E-state index in [2.05, 4.69) is 10.6 Å². The predicted molar refractivity (Wildman–Crippen MR) is 174 cm³/mol. The fraction of sp³-hybridized carbons (Fsp3) is 0.903. The molecule has 0 aromatic carbocycles. The Hall–Kier alpha value is -2.39. The lowest BCUT2D eigenvalue weighted by molar-refractivity contribution is -0.381. The molecule has 4 aliphatic heterocycles. The molecule has 0 saturated carbocycles. The first-order valence-corrected chi connectivity index (χ1v) is 17.7. The SMILES string of the molecule is CC(=O)N[C@H]1C(O)O[C@H](CO[C@]2(C(=O)O)C[C@H](O)[C@@H](NC(=O)CO)[C@H]([C@H](O)[C@H](O)CO)O2)[C@H](O)[C@@H]1O[C@@H]1O[C@H](CO)[C@H](O)[C@H](O)[C@H]1O[C@@H]1O[C@@H](C)[C@@H](O)[C@@H](O)[C@@H]1O. The summed E-state index contributed by atoms with van der Waals surface area (Å²) in [4.78, 5) is 36.8. The van der Waals surface area contributed by atoms with Crippen molar-refractivity contribution in [2.24, 2.45) is 0 Å². The van der Waals surface area contributed by atoms with E-state index in [1.807, 2.05) is 0 Å². The zero-order valence-electron chi connectivity index (χ0n) is 30.4. The minimum Gasteiger partial charge on any atom is -0.477 e. The van der Waals surface area contributed by atoms with E-state index in [1.165, 1.54) is 6.92 Å². The molecule has 0 aliphatic carbocycles. The third-order valence-corrected chi connectivity index (χ3v) is 10.0.